The molecule has 8 heteroatoms. The highest BCUT2D eigenvalue weighted by Gasteiger charge is 2.21. The number of thioether (sulfide) groups is 2. The molecule has 0 bridgehead atoms. The molecule has 0 radical (unpaired) electrons. The van der Waals surface area contributed by atoms with Gasteiger partial charge in [-0.2, -0.15) is 0 Å². The second-order valence-electron chi connectivity index (χ2n) is 7.05. The Labute approximate surface area is 182 Å². The summed E-state index contributed by atoms with van der Waals surface area (Å²) in [4.78, 5) is 35.4. The third-order valence-corrected chi connectivity index (χ3v) is 7.95. The highest BCUT2D eigenvalue weighted by molar-refractivity contribution is 7.99. The van der Waals surface area contributed by atoms with E-state index in [1.807, 2.05) is 0 Å². The van der Waals surface area contributed by atoms with Crippen molar-refractivity contribution in [2.45, 2.75) is 36.8 Å². The molecule has 2 aromatic heterocycles. The van der Waals surface area contributed by atoms with Gasteiger partial charge in [-0.1, -0.05) is 17.7 Å². The number of aromatic nitrogens is 2. The fourth-order valence-electron chi connectivity index (χ4n) is 3.40. The van der Waals surface area contributed by atoms with Gasteiger partial charge in [0.15, 0.2) is 0 Å². The first kappa shape index (κ1) is 20.5. The summed E-state index contributed by atoms with van der Waals surface area (Å²) >= 11 is 4.85. The molecule has 3 aromatic rings. The lowest BCUT2D eigenvalue weighted by Crippen LogP contribution is -2.27. The van der Waals surface area contributed by atoms with Gasteiger partial charge in [-0.15, -0.1) is 34.9 Å². The Morgan fingerprint density at radius 1 is 1.28 bits per heavy atom. The summed E-state index contributed by atoms with van der Waals surface area (Å²) in [5, 5.41) is 3.72. The number of rotatable bonds is 8. The zero-order valence-electron chi connectivity index (χ0n) is 16.2. The summed E-state index contributed by atoms with van der Waals surface area (Å²) < 4.78 is 0. The summed E-state index contributed by atoms with van der Waals surface area (Å²) in [6.45, 7) is 2.71. The first-order valence-electron chi connectivity index (χ1n) is 9.67. The first-order chi connectivity index (χ1) is 14.1. The predicted octanol–water partition coefficient (Wildman–Crippen LogP) is 3.92. The molecule has 5 nitrogen and oxygen atoms in total. The zero-order chi connectivity index (χ0) is 20.2. The minimum absolute atomic E-state index is 0.0121. The third-order valence-electron chi connectivity index (χ3n) is 4.81. The van der Waals surface area contributed by atoms with Crippen LogP contribution in [0, 0.1) is 6.92 Å². The second-order valence-corrected chi connectivity index (χ2v) is 10.3. The molecule has 0 atom stereocenters. The topological polar surface area (TPSA) is 74.8 Å². The quantitative estimate of drug-likeness (QED) is 0.406. The third kappa shape index (κ3) is 5.05. The smallest absolute Gasteiger partial charge is 0.259 e. The van der Waals surface area contributed by atoms with Crippen LogP contribution in [0.3, 0.4) is 0 Å². The molecule has 0 fully saturated rings. The van der Waals surface area contributed by atoms with Gasteiger partial charge in [0.2, 0.25) is 5.91 Å². The molecule has 1 aliphatic rings. The lowest BCUT2D eigenvalue weighted by atomic mass is 10.2. The van der Waals surface area contributed by atoms with Crippen LogP contribution in [0.5, 0.6) is 0 Å². The summed E-state index contributed by atoms with van der Waals surface area (Å²) in [7, 11) is 0. The van der Waals surface area contributed by atoms with Gasteiger partial charge in [0.1, 0.15) is 10.7 Å². The predicted molar refractivity (Wildman–Crippen MR) is 123 cm³/mol. The monoisotopic (exact) mass is 445 g/mol. The highest BCUT2D eigenvalue weighted by atomic mass is 32.2. The van der Waals surface area contributed by atoms with Crippen LogP contribution in [0.25, 0.3) is 10.2 Å². The molecule has 0 spiro atoms. The van der Waals surface area contributed by atoms with Crippen LogP contribution in [0.2, 0.25) is 0 Å². The Bertz CT molecular complexity index is 1070. The largest absolute Gasteiger partial charge is 0.355 e. The maximum absolute atomic E-state index is 12.4. The van der Waals surface area contributed by atoms with Gasteiger partial charge in [0, 0.05) is 22.1 Å². The minimum Gasteiger partial charge on any atom is -0.355 e. The fraction of sp³-hybridized carbons (Fsp3) is 0.381. The highest BCUT2D eigenvalue weighted by Crippen LogP contribution is 2.34. The maximum atomic E-state index is 12.4. The average Bonchev–Trinajstić information content (AvgIpc) is 3.27. The Balaban J connectivity index is 1.21. The zero-order valence-corrected chi connectivity index (χ0v) is 18.7. The van der Waals surface area contributed by atoms with E-state index in [2.05, 4.69) is 46.5 Å². The average molecular weight is 446 g/mol. The van der Waals surface area contributed by atoms with E-state index < -0.39 is 0 Å². The molecule has 0 saturated carbocycles. The number of aryl methyl sites for hydroxylation is 3. The standard InChI is InChI=1S/C21H23N3O2S3/c1-13-5-7-14(8-6-13)28-10-9-22-18(25)12-27-11-17-23-20(26)19-15-3-2-4-16(15)29-21(19)24-17/h5-8H,2-4,9-12H2,1H3,(H,22,25)(H,23,24,26). The number of hydrogen-bond acceptors (Lipinski definition) is 6. The molecule has 0 saturated heterocycles. The number of H-pyrrole nitrogens is 1. The molecule has 1 aliphatic carbocycles. The number of benzene rings is 1. The van der Waals surface area contributed by atoms with Crippen molar-refractivity contribution in [1.29, 1.82) is 0 Å². The first-order valence-corrected chi connectivity index (χ1v) is 12.6. The van der Waals surface area contributed by atoms with Gasteiger partial charge >= 0.3 is 0 Å². The molecule has 1 amide bonds. The molecule has 29 heavy (non-hydrogen) atoms. The van der Waals surface area contributed by atoms with Crippen molar-refractivity contribution in [2.75, 3.05) is 18.1 Å². The Kier molecular flexibility index (Phi) is 6.62. The number of hydrogen-bond donors (Lipinski definition) is 2. The van der Waals surface area contributed by atoms with E-state index in [-0.39, 0.29) is 11.5 Å². The fourth-order valence-corrected chi connectivity index (χ4v) is 6.17. The number of fused-ring (bicyclic) bond motifs is 3. The van der Waals surface area contributed by atoms with Gasteiger partial charge in [-0.25, -0.2) is 4.98 Å². The van der Waals surface area contributed by atoms with E-state index in [0.717, 1.165) is 35.2 Å². The Morgan fingerprint density at radius 3 is 2.93 bits per heavy atom. The molecule has 152 valence electrons. The summed E-state index contributed by atoms with van der Waals surface area (Å²) in [5.41, 5.74) is 2.40. The van der Waals surface area contributed by atoms with Crippen molar-refractivity contribution in [2.24, 2.45) is 0 Å². The van der Waals surface area contributed by atoms with Crippen LogP contribution in [0.15, 0.2) is 34.0 Å². The number of thiophene rings is 1. The molecule has 4 rings (SSSR count). The maximum Gasteiger partial charge on any atom is 0.259 e. The summed E-state index contributed by atoms with van der Waals surface area (Å²) in [5.74, 6) is 2.39. The Hall–Kier alpha value is -1.77. The van der Waals surface area contributed by atoms with E-state index in [9.17, 15) is 9.59 Å². The lowest BCUT2D eigenvalue weighted by molar-refractivity contribution is -0.118. The van der Waals surface area contributed by atoms with Gasteiger partial charge in [-0.05, 0) is 43.9 Å². The van der Waals surface area contributed by atoms with Crippen LogP contribution in [0.1, 0.15) is 28.2 Å². The number of nitrogens with zero attached hydrogens (tertiary/aromatic N) is 1. The molecule has 2 N–H and O–H groups in total. The van der Waals surface area contributed by atoms with Gasteiger partial charge < -0.3 is 10.3 Å². The number of carbonyl (C=O) groups excluding carboxylic acids is 1. The van der Waals surface area contributed by atoms with Gasteiger partial charge in [-0.3, -0.25) is 9.59 Å². The molecule has 0 unspecified atom stereocenters. The van der Waals surface area contributed by atoms with Crippen molar-refractivity contribution in [3.8, 4) is 0 Å². The molecule has 2 heterocycles. The van der Waals surface area contributed by atoms with Gasteiger partial charge in [0.05, 0.1) is 16.9 Å². The summed E-state index contributed by atoms with van der Waals surface area (Å²) in [6.07, 6.45) is 3.17. The van der Waals surface area contributed by atoms with E-state index in [0.29, 0.717) is 23.9 Å². The van der Waals surface area contributed by atoms with Crippen molar-refractivity contribution < 1.29 is 4.79 Å². The van der Waals surface area contributed by atoms with Crippen molar-refractivity contribution in [3.05, 3.63) is 56.4 Å². The minimum atomic E-state index is -0.0393. The van der Waals surface area contributed by atoms with Crippen molar-refractivity contribution in [3.63, 3.8) is 0 Å². The summed E-state index contributed by atoms with van der Waals surface area (Å²) in [6, 6.07) is 8.39. The lowest BCUT2D eigenvalue weighted by Gasteiger charge is -2.06. The van der Waals surface area contributed by atoms with Crippen LogP contribution in [-0.4, -0.2) is 33.9 Å². The Morgan fingerprint density at radius 2 is 2.10 bits per heavy atom. The van der Waals surface area contributed by atoms with Crippen LogP contribution >= 0.6 is 34.9 Å². The van der Waals surface area contributed by atoms with Crippen LogP contribution in [0.4, 0.5) is 0 Å². The van der Waals surface area contributed by atoms with E-state index in [4.69, 9.17) is 0 Å². The van der Waals surface area contributed by atoms with Crippen molar-refractivity contribution in [1.82, 2.24) is 15.3 Å². The number of amides is 1. The van der Waals surface area contributed by atoms with Crippen LogP contribution < -0.4 is 10.9 Å². The van der Waals surface area contributed by atoms with Crippen molar-refractivity contribution >= 4 is 51.0 Å². The normalized spacial score (nSPS) is 13.0. The number of nitrogens with one attached hydrogen (secondary N) is 2. The molecular formula is C21H23N3O2S3. The molecular weight excluding hydrogens is 422 g/mol. The van der Waals surface area contributed by atoms with E-state index in [1.54, 1.807) is 23.1 Å². The van der Waals surface area contributed by atoms with E-state index in [1.165, 1.54) is 32.7 Å². The second kappa shape index (κ2) is 9.36. The number of aromatic amines is 1. The number of carbonyl (C=O) groups is 1. The van der Waals surface area contributed by atoms with Gasteiger partial charge in [0.25, 0.3) is 5.56 Å². The van der Waals surface area contributed by atoms with Crippen LogP contribution in [-0.2, 0) is 23.4 Å². The SMILES string of the molecule is Cc1ccc(SCCNC(=O)CSCc2nc3sc4c(c3c(=O)[nH]2)CCC4)cc1. The molecule has 0 aliphatic heterocycles. The van der Waals surface area contributed by atoms with E-state index >= 15 is 0 Å². The molecule has 1 aromatic carbocycles.